The molecule has 0 spiro atoms. The van der Waals surface area contributed by atoms with Crippen LogP contribution < -0.4 is 117 Å². The van der Waals surface area contributed by atoms with Gasteiger partial charge in [0.25, 0.3) is 0 Å². The maximum atomic E-state index is 2.48. The molecule has 0 fully saturated rings. The molecule has 0 bridgehead atoms. The van der Waals surface area contributed by atoms with Crippen LogP contribution in [0.1, 0.15) is 22.3 Å². The zero-order chi connectivity index (χ0) is 49.1. The minimum absolute atomic E-state index is 0. The summed E-state index contributed by atoms with van der Waals surface area (Å²) in [6.45, 7) is 9.52. The third-order valence-corrected chi connectivity index (χ3v) is 18.4. The van der Waals surface area contributed by atoms with Crippen molar-refractivity contribution in [3.63, 3.8) is 0 Å². The molecule has 0 atom stereocenters. The van der Waals surface area contributed by atoms with Crippen molar-refractivity contribution >= 4 is 97.1 Å². The summed E-state index contributed by atoms with van der Waals surface area (Å²) in [6.07, 6.45) is 0. The molecule has 0 heterocycles. The van der Waals surface area contributed by atoms with E-state index in [-0.39, 0.29) is 58.9 Å². The summed E-state index contributed by atoms with van der Waals surface area (Å²) in [7, 11) is 49.5. The van der Waals surface area contributed by atoms with Gasteiger partial charge in [-0.2, -0.15) is 22.3 Å². The van der Waals surface area contributed by atoms with Crippen LogP contribution >= 0.6 is 0 Å². The van der Waals surface area contributed by atoms with Gasteiger partial charge in [0.05, 0.1) is 51.2 Å². The predicted molar refractivity (Wildman–Crippen MR) is 297 cm³/mol. The van der Waals surface area contributed by atoms with Crippen molar-refractivity contribution in [1.29, 1.82) is 0 Å². The number of hydrogen-bond donors (Lipinski definition) is 0. The normalized spacial score (nSPS) is 10.8. The third-order valence-electron chi connectivity index (χ3n) is 13.2. The fourth-order valence-corrected chi connectivity index (χ4v) is 17.4. The summed E-state index contributed by atoms with van der Waals surface area (Å²) in [4.78, 5) is 28.3. The average molecular weight is 1050 g/mol. The second-order valence-corrected chi connectivity index (χ2v) is 23.8. The number of nitrogens with zero attached hydrogens (tertiary/aromatic N) is 12. The van der Waals surface area contributed by atoms with Crippen LogP contribution in [0.2, 0.25) is 0 Å². The van der Waals surface area contributed by atoms with Crippen LogP contribution in [0.4, 0.5) is 68.2 Å². The maximum absolute atomic E-state index is 3.83. The van der Waals surface area contributed by atoms with Crippen molar-refractivity contribution < 1.29 is 58.9 Å². The van der Waals surface area contributed by atoms with E-state index in [4.69, 9.17) is 0 Å². The molecule has 0 aliphatic carbocycles. The number of halogens is 3. The van der Waals surface area contributed by atoms with Crippen molar-refractivity contribution in [2.45, 2.75) is 27.7 Å². The molecule has 4 aromatic carbocycles. The van der Waals surface area contributed by atoms with Crippen LogP contribution in [0.25, 0.3) is 0 Å². The predicted octanol–water partition coefficient (Wildman–Crippen LogP) is -4.18. The number of benzene rings is 3. The first-order valence-corrected chi connectivity index (χ1v) is 24.4. The van der Waals surface area contributed by atoms with E-state index in [0.29, 0.717) is 0 Å². The Kier molecular flexibility index (Phi) is 22.7. The van der Waals surface area contributed by atoms with Crippen molar-refractivity contribution in [1.82, 2.24) is 0 Å². The Hall–Kier alpha value is -3.59. The summed E-state index contributed by atoms with van der Waals surface area (Å²) in [6, 6.07) is 7.43. The fraction of sp³-hybridized carbons (Fsp3) is 0.549. The number of rotatable bonds is 16. The SMILES string of the molecule is Cc1c(C)c(C)[c-]([Si](c2c(N(C)C)cc(N(C)C)c(N(C)C)c2N(C)C)(c2c(N(C)C)cc(N(C)C)c(N(C)C)c2N(C)C)c2c(N(C)C)cc(N(C)C)c(N(C)C)c2N(C)C)c1C.[Cl-].[Cl-].[Cl-].[Ti+4]. The van der Waals surface area contributed by atoms with Gasteiger partial charge in [-0.15, -0.1) is 5.19 Å². The van der Waals surface area contributed by atoms with E-state index in [1.165, 1.54) is 111 Å². The van der Waals surface area contributed by atoms with Gasteiger partial charge >= 0.3 is 21.7 Å². The fourth-order valence-electron chi connectivity index (χ4n) is 10.2. The van der Waals surface area contributed by atoms with Gasteiger partial charge in [-0.3, -0.25) is 0 Å². The largest absolute Gasteiger partial charge is 4.00 e. The van der Waals surface area contributed by atoms with Gasteiger partial charge in [-0.25, -0.2) is 0 Å². The Morgan fingerprint density at radius 2 is 0.456 bits per heavy atom. The van der Waals surface area contributed by atoms with Crippen molar-refractivity contribution in [2.24, 2.45) is 0 Å². The standard InChI is InChI=1S/C51H87N12Si.3ClH.Ti/c1-32-33(2)35(4)48(34(32)3)64(49-39(55(11)12)29-36(52(5)6)42(58(17)18)45(49)61(23)24,50-40(56(13)14)30-37(53(7)8)43(59(19)20)46(50)62(25)26)51-41(57(15)16)31-38(54(9)10)44(60(21)22)47(51)63(27)28;;;;/h29-31H,1-28H3;3*1H;/q-1;;;;+4/p-3. The Morgan fingerprint density at radius 3 is 0.603 bits per heavy atom. The summed E-state index contributed by atoms with van der Waals surface area (Å²) in [5, 5.41) is 5.51. The first-order valence-electron chi connectivity index (χ1n) is 22.4. The van der Waals surface area contributed by atoms with E-state index in [1.807, 2.05) is 0 Å². The van der Waals surface area contributed by atoms with Crippen molar-refractivity contribution in [3.05, 3.63) is 40.5 Å². The molecule has 4 aromatic rings. The molecule has 0 amide bonds. The van der Waals surface area contributed by atoms with Gasteiger partial charge in [0, 0.05) is 186 Å². The second kappa shape index (κ2) is 24.0. The Morgan fingerprint density at radius 1 is 0.279 bits per heavy atom. The molecule has 0 saturated carbocycles. The van der Waals surface area contributed by atoms with Gasteiger partial charge in [0.1, 0.15) is 8.07 Å². The Bertz CT molecular complexity index is 2120. The molecule has 0 aromatic heterocycles. The molecular weight excluding hydrogens is 963 g/mol. The Balaban J connectivity index is 0.0000112. The summed E-state index contributed by atoms with van der Waals surface area (Å²) >= 11 is 0. The third kappa shape index (κ3) is 10.7. The van der Waals surface area contributed by atoms with E-state index in [2.05, 4.69) is 274 Å². The maximum Gasteiger partial charge on any atom is 4.00 e. The van der Waals surface area contributed by atoms with E-state index < -0.39 is 8.07 Å². The van der Waals surface area contributed by atoms with Crippen LogP contribution in [0, 0.1) is 27.7 Å². The molecule has 0 aliphatic heterocycles. The van der Waals surface area contributed by atoms with Gasteiger partial charge < -0.3 is 96.0 Å². The molecule has 0 radical (unpaired) electrons. The number of hydrogen-bond acceptors (Lipinski definition) is 12. The van der Waals surface area contributed by atoms with Crippen LogP contribution in [-0.4, -0.2) is 177 Å². The summed E-state index contributed by atoms with van der Waals surface area (Å²) in [5.74, 6) is 0. The molecule has 68 heavy (non-hydrogen) atoms. The quantitative estimate of drug-likeness (QED) is 0.0623. The van der Waals surface area contributed by atoms with E-state index in [0.717, 1.165) is 0 Å². The summed E-state index contributed by atoms with van der Waals surface area (Å²) < 4.78 is 0. The van der Waals surface area contributed by atoms with E-state index in [9.17, 15) is 0 Å². The van der Waals surface area contributed by atoms with Gasteiger partial charge in [0.2, 0.25) is 0 Å². The van der Waals surface area contributed by atoms with Crippen LogP contribution in [-0.2, 0) is 21.7 Å². The van der Waals surface area contributed by atoms with Gasteiger partial charge in [-0.1, -0.05) is 27.7 Å². The molecule has 0 unspecified atom stereocenters. The second-order valence-electron chi connectivity index (χ2n) is 20.3. The molecule has 380 valence electrons. The van der Waals surface area contributed by atoms with Crippen molar-refractivity contribution in [3.8, 4) is 0 Å². The van der Waals surface area contributed by atoms with Crippen LogP contribution in [0.15, 0.2) is 18.2 Å². The minimum atomic E-state index is -3.83. The molecule has 12 nitrogen and oxygen atoms in total. The van der Waals surface area contributed by atoms with Crippen LogP contribution in [0.3, 0.4) is 0 Å². The molecule has 0 N–H and O–H groups in total. The van der Waals surface area contributed by atoms with Crippen LogP contribution in [0.5, 0.6) is 0 Å². The van der Waals surface area contributed by atoms with Crippen molar-refractivity contribution in [2.75, 3.05) is 228 Å². The molecule has 17 heteroatoms. The van der Waals surface area contributed by atoms with Gasteiger partial charge in [0.15, 0.2) is 0 Å². The van der Waals surface area contributed by atoms with E-state index >= 15 is 0 Å². The summed E-state index contributed by atoms with van der Waals surface area (Å²) in [5.41, 5.74) is 19.8. The zero-order valence-electron chi connectivity index (χ0n) is 47.2. The topological polar surface area (TPSA) is 38.9 Å². The first-order chi connectivity index (χ1) is 29.4. The average Bonchev–Trinajstić information content (AvgIpc) is 3.37. The zero-order valence-corrected chi connectivity index (χ0v) is 52.1. The molecule has 0 saturated heterocycles. The van der Waals surface area contributed by atoms with Gasteiger partial charge in [-0.05, 0) is 33.8 Å². The minimum Gasteiger partial charge on any atom is -1.00 e. The van der Waals surface area contributed by atoms with E-state index in [1.54, 1.807) is 0 Å². The smallest absolute Gasteiger partial charge is 1.00 e. The first kappa shape index (κ1) is 64.4. The molecule has 4 rings (SSSR count). The molecule has 0 aliphatic rings. The molecular formula is C51H87Cl3N12SiTi. The number of anilines is 12. The monoisotopic (exact) mass is 1050 g/mol. The Labute approximate surface area is 449 Å².